The molecule has 0 aliphatic heterocycles. The third-order valence-corrected chi connectivity index (χ3v) is 3.93. The van der Waals surface area contributed by atoms with E-state index in [2.05, 4.69) is 24.0 Å². The first-order valence-corrected chi connectivity index (χ1v) is 7.07. The van der Waals surface area contributed by atoms with Crippen LogP contribution in [0.1, 0.15) is 5.56 Å². The van der Waals surface area contributed by atoms with E-state index in [1.54, 1.807) is 21.3 Å². The minimum atomic E-state index is 0.700. The molecule has 0 bridgehead atoms. The van der Waals surface area contributed by atoms with Crippen molar-refractivity contribution >= 4 is 10.9 Å². The minimum Gasteiger partial charge on any atom is -0.496 e. The SMILES string of the molecule is COc1cc(OC)c(-c2[nH]c3ccccc3c2C)c(OC)c1. The fraction of sp³-hybridized carbons (Fsp3) is 0.222. The Morgan fingerprint density at radius 3 is 2.05 bits per heavy atom. The highest BCUT2D eigenvalue weighted by atomic mass is 16.5. The maximum atomic E-state index is 5.56. The van der Waals surface area contributed by atoms with Crippen LogP contribution in [0.5, 0.6) is 17.2 Å². The molecule has 0 radical (unpaired) electrons. The van der Waals surface area contributed by atoms with Gasteiger partial charge in [0.25, 0.3) is 0 Å². The van der Waals surface area contributed by atoms with Crippen LogP contribution in [0.15, 0.2) is 36.4 Å². The van der Waals surface area contributed by atoms with E-state index in [-0.39, 0.29) is 0 Å². The number of methoxy groups -OCH3 is 3. The molecule has 0 atom stereocenters. The second-order valence-corrected chi connectivity index (χ2v) is 5.08. The number of para-hydroxylation sites is 1. The summed E-state index contributed by atoms with van der Waals surface area (Å²) in [5.41, 5.74) is 4.16. The number of hydrogen-bond acceptors (Lipinski definition) is 3. The van der Waals surface area contributed by atoms with Crippen molar-refractivity contribution in [2.24, 2.45) is 0 Å². The van der Waals surface area contributed by atoms with Gasteiger partial charge in [0.05, 0.1) is 32.6 Å². The molecule has 1 heterocycles. The van der Waals surface area contributed by atoms with Crippen molar-refractivity contribution in [1.82, 2.24) is 4.98 Å². The van der Waals surface area contributed by atoms with Crippen LogP contribution in [0.4, 0.5) is 0 Å². The molecule has 114 valence electrons. The number of aromatic nitrogens is 1. The van der Waals surface area contributed by atoms with E-state index in [0.29, 0.717) is 17.2 Å². The number of H-pyrrole nitrogens is 1. The minimum absolute atomic E-state index is 0.700. The summed E-state index contributed by atoms with van der Waals surface area (Å²) in [4.78, 5) is 3.47. The van der Waals surface area contributed by atoms with Crippen LogP contribution in [-0.2, 0) is 0 Å². The molecule has 0 amide bonds. The summed E-state index contributed by atoms with van der Waals surface area (Å²) < 4.78 is 16.4. The number of nitrogens with one attached hydrogen (secondary N) is 1. The maximum Gasteiger partial charge on any atom is 0.135 e. The summed E-state index contributed by atoms with van der Waals surface area (Å²) in [6, 6.07) is 12.0. The first kappa shape index (κ1) is 14.3. The summed E-state index contributed by atoms with van der Waals surface area (Å²) in [6.07, 6.45) is 0. The summed E-state index contributed by atoms with van der Waals surface area (Å²) in [6.45, 7) is 2.09. The van der Waals surface area contributed by atoms with E-state index in [1.165, 1.54) is 5.39 Å². The van der Waals surface area contributed by atoms with E-state index in [0.717, 1.165) is 22.3 Å². The van der Waals surface area contributed by atoms with E-state index < -0.39 is 0 Å². The van der Waals surface area contributed by atoms with Crippen molar-refractivity contribution in [1.29, 1.82) is 0 Å². The molecule has 2 aromatic carbocycles. The van der Waals surface area contributed by atoms with Gasteiger partial charge in [-0.05, 0) is 18.6 Å². The molecule has 4 nitrogen and oxygen atoms in total. The topological polar surface area (TPSA) is 43.5 Å². The summed E-state index contributed by atoms with van der Waals surface area (Å²) in [5, 5.41) is 1.19. The normalized spacial score (nSPS) is 10.7. The number of ether oxygens (including phenoxy) is 3. The molecule has 0 unspecified atom stereocenters. The molecule has 0 saturated carbocycles. The average Bonchev–Trinajstić information content (AvgIpc) is 2.90. The molecular weight excluding hydrogens is 278 g/mol. The van der Waals surface area contributed by atoms with E-state index in [1.807, 2.05) is 24.3 Å². The van der Waals surface area contributed by atoms with E-state index in [9.17, 15) is 0 Å². The van der Waals surface area contributed by atoms with Crippen LogP contribution in [0.2, 0.25) is 0 Å². The molecule has 0 aliphatic rings. The quantitative estimate of drug-likeness (QED) is 0.786. The van der Waals surface area contributed by atoms with Crippen LogP contribution in [0, 0.1) is 6.92 Å². The molecule has 3 aromatic rings. The number of hydrogen-bond donors (Lipinski definition) is 1. The number of rotatable bonds is 4. The molecule has 0 fully saturated rings. The molecule has 0 saturated heterocycles. The molecule has 3 rings (SSSR count). The standard InChI is InChI=1S/C18H19NO3/c1-11-13-7-5-6-8-14(13)19-18(11)17-15(21-3)9-12(20-2)10-16(17)22-4/h5-10,19H,1-4H3. The number of aromatic amines is 1. The molecule has 22 heavy (non-hydrogen) atoms. The smallest absolute Gasteiger partial charge is 0.135 e. The Kier molecular flexibility index (Phi) is 3.67. The number of aryl methyl sites for hydroxylation is 1. The lowest BCUT2D eigenvalue weighted by atomic mass is 10.0. The highest BCUT2D eigenvalue weighted by molar-refractivity contribution is 5.93. The Morgan fingerprint density at radius 1 is 0.864 bits per heavy atom. The predicted octanol–water partition coefficient (Wildman–Crippen LogP) is 4.17. The van der Waals surface area contributed by atoms with Gasteiger partial charge in [-0.25, -0.2) is 0 Å². The highest BCUT2D eigenvalue weighted by Gasteiger charge is 2.19. The summed E-state index contributed by atoms with van der Waals surface area (Å²) in [7, 11) is 4.92. The first-order chi connectivity index (χ1) is 10.7. The van der Waals surface area contributed by atoms with Gasteiger partial charge in [0.2, 0.25) is 0 Å². The predicted molar refractivity (Wildman–Crippen MR) is 88.1 cm³/mol. The van der Waals surface area contributed by atoms with Gasteiger partial charge in [0, 0.05) is 23.0 Å². The largest absolute Gasteiger partial charge is 0.496 e. The third-order valence-electron chi connectivity index (χ3n) is 3.93. The molecule has 0 aliphatic carbocycles. The molecule has 4 heteroatoms. The van der Waals surface area contributed by atoms with Crippen LogP contribution >= 0.6 is 0 Å². The van der Waals surface area contributed by atoms with Crippen molar-refractivity contribution in [3.05, 3.63) is 42.0 Å². The van der Waals surface area contributed by atoms with Gasteiger partial charge < -0.3 is 19.2 Å². The van der Waals surface area contributed by atoms with Crippen LogP contribution in [0.25, 0.3) is 22.2 Å². The van der Waals surface area contributed by atoms with Crippen molar-refractivity contribution in [3.63, 3.8) is 0 Å². The average molecular weight is 297 g/mol. The molecular formula is C18H19NO3. The lowest BCUT2D eigenvalue weighted by Gasteiger charge is -2.15. The van der Waals surface area contributed by atoms with Crippen LogP contribution in [-0.4, -0.2) is 26.3 Å². The Morgan fingerprint density at radius 2 is 1.50 bits per heavy atom. The monoisotopic (exact) mass is 297 g/mol. The number of benzene rings is 2. The van der Waals surface area contributed by atoms with Crippen LogP contribution in [0.3, 0.4) is 0 Å². The van der Waals surface area contributed by atoms with Gasteiger partial charge in [-0.3, -0.25) is 0 Å². The highest BCUT2D eigenvalue weighted by Crippen LogP contribution is 2.43. The Balaban J connectivity index is 2.31. The van der Waals surface area contributed by atoms with Crippen molar-refractivity contribution in [3.8, 4) is 28.5 Å². The summed E-state index contributed by atoms with van der Waals surface area (Å²) in [5.74, 6) is 2.13. The van der Waals surface area contributed by atoms with Crippen LogP contribution < -0.4 is 14.2 Å². The van der Waals surface area contributed by atoms with Crippen molar-refractivity contribution in [2.75, 3.05) is 21.3 Å². The lowest BCUT2D eigenvalue weighted by molar-refractivity contribution is 0.377. The molecule has 0 spiro atoms. The molecule has 1 N–H and O–H groups in total. The lowest BCUT2D eigenvalue weighted by Crippen LogP contribution is -1.96. The third kappa shape index (κ3) is 2.17. The Bertz CT molecular complexity index is 795. The van der Waals surface area contributed by atoms with Crippen molar-refractivity contribution < 1.29 is 14.2 Å². The summed E-state index contributed by atoms with van der Waals surface area (Å²) >= 11 is 0. The Hall–Kier alpha value is -2.62. The second-order valence-electron chi connectivity index (χ2n) is 5.08. The van der Waals surface area contributed by atoms with Gasteiger partial charge in [0.15, 0.2) is 0 Å². The van der Waals surface area contributed by atoms with Gasteiger partial charge in [-0.2, -0.15) is 0 Å². The van der Waals surface area contributed by atoms with Gasteiger partial charge in [0.1, 0.15) is 17.2 Å². The van der Waals surface area contributed by atoms with Crippen molar-refractivity contribution in [2.45, 2.75) is 6.92 Å². The zero-order valence-electron chi connectivity index (χ0n) is 13.2. The van der Waals surface area contributed by atoms with Gasteiger partial charge in [-0.1, -0.05) is 18.2 Å². The van der Waals surface area contributed by atoms with Gasteiger partial charge in [-0.15, -0.1) is 0 Å². The van der Waals surface area contributed by atoms with Gasteiger partial charge >= 0.3 is 0 Å². The Labute approximate surface area is 129 Å². The zero-order chi connectivity index (χ0) is 15.7. The maximum absolute atomic E-state index is 5.56. The second kappa shape index (κ2) is 5.64. The molecule has 1 aromatic heterocycles. The fourth-order valence-corrected chi connectivity index (χ4v) is 2.78. The fourth-order valence-electron chi connectivity index (χ4n) is 2.78. The number of fused-ring (bicyclic) bond motifs is 1. The zero-order valence-corrected chi connectivity index (χ0v) is 13.2. The first-order valence-electron chi connectivity index (χ1n) is 7.07. The van der Waals surface area contributed by atoms with E-state index in [4.69, 9.17) is 14.2 Å². The van der Waals surface area contributed by atoms with E-state index >= 15 is 0 Å².